The average Bonchev–Trinajstić information content (AvgIpc) is 3.06. The van der Waals surface area contributed by atoms with Crippen LogP contribution in [0.15, 0.2) is 18.2 Å². The third-order valence-electron chi connectivity index (χ3n) is 3.28. The first-order valence-corrected chi connectivity index (χ1v) is 7.65. The number of carbonyl (C=O) groups is 1. The molecule has 2 N–H and O–H groups in total. The number of nitrogens with one attached hydrogen (secondary N) is 2. The normalized spacial score (nSPS) is 17.5. The number of nitrogens with zero attached hydrogens (tertiary/aromatic N) is 1. The highest BCUT2D eigenvalue weighted by atomic mass is 35.5. The van der Waals surface area contributed by atoms with Gasteiger partial charge >= 0.3 is 0 Å². The molecule has 2 aromatic rings. The van der Waals surface area contributed by atoms with Crippen molar-refractivity contribution in [3.05, 3.63) is 18.2 Å². The van der Waals surface area contributed by atoms with Gasteiger partial charge in [-0.2, -0.15) is 0 Å². The molecule has 0 unspecified atom stereocenters. The summed E-state index contributed by atoms with van der Waals surface area (Å²) in [5.74, 6) is 0.838. The van der Waals surface area contributed by atoms with Crippen LogP contribution in [-0.4, -0.2) is 30.1 Å². The van der Waals surface area contributed by atoms with Gasteiger partial charge in [-0.3, -0.25) is 4.79 Å². The molecule has 2 heterocycles. The number of ether oxygens (including phenoxy) is 1. The van der Waals surface area contributed by atoms with Gasteiger partial charge in [-0.25, -0.2) is 4.98 Å². The molecule has 0 aliphatic carbocycles. The Morgan fingerprint density at radius 3 is 3.14 bits per heavy atom. The second-order valence-electron chi connectivity index (χ2n) is 4.72. The van der Waals surface area contributed by atoms with Crippen LogP contribution in [0, 0.1) is 0 Å². The van der Waals surface area contributed by atoms with E-state index >= 15 is 0 Å². The van der Waals surface area contributed by atoms with Crippen LogP contribution in [0.2, 0.25) is 0 Å². The zero-order chi connectivity index (χ0) is 13.9. The molecule has 114 valence electrons. The highest BCUT2D eigenvalue weighted by Crippen LogP contribution is 2.29. The molecular weight excluding hydrogens is 310 g/mol. The van der Waals surface area contributed by atoms with Gasteiger partial charge in [0.05, 0.1) is 22.9 Å². The Hall–Kier alpha value is -1.37. The summed E-state index contributed by atoms with van der Waals surface area (Å²) >= 11 is 1.47. The molecule has 3 rings (SSSR count). The van der Waals surface area contributed by atoms with E-state index in [1.165, 1.54) is 11.3 Å². The summed E-state index contributed by atoms with van der Waals surface area (Å²) in [5.41, 5.74) is 0.883. The number of amides is 1. The number of benzene rings is 1. The topological polar surface area (TPSA) is 63.2 Å². The molecule has 1 atom stereocenters. The van der Waals surface area contributed by atoms with Crippen LogP contribution < -0.4 is 15.4 Å². The number of rotatable bonds is 4. The van der Waals surface area contributed by atoms with Gasteiger partial charge in [-0.05, 0) is 44.5 Å². The quantitative estimate of drug-likeness (QED) is 0.906. The zero-order valence-electron chi connectivity index (χ0n) is 11.7. The molecule has 1 aromatic heterocycles. The zero-order valence-corrected chi connectivity index (χ0v) is 13.4. The fourth-order valence-electron chi connectivity index (χ4n) is 2.32. The predicted octanol–water partition coefficient (Wildman–Crippen LogP) is 2.81. The fourth-order valence-corrected chi connectivity index (χ4v) is 3.21. The summed E-state index contributed by atoms with van der Waals surface area (Å²) in [6.45, 7) is 3.51. The molecule has 1 aliphatic heterocycles. The summed E-state index contributed by atoms with van der Waals surface area (Å²) in [6, 6.07) is 5.69. The van der Waals surface area contributed by atoms with E-state index in [1.54, 1.807) is 0 Å². The average molecular weight is 328 g/mol. The van der Waals surface area contributed by atoms with Crippen molar-refractivity contribution in [1.29, 1.82) is 0 Å². The summed E-state index contributed by atoms with van der Waals surface area (Å²) in [6.07, 6.45) is 1.95. The van der Waals surface area contributed by atoms with Gasteiger partial charge in [-0.15, -0.1) is 12.4 Å². The van der Waals surface area contributed by atoms with Crippen molar-refractivity contribution in [3.8, 4) is 5.75 Å². The van der Waals surface area contributed by atoms with Crippen molar-refractivity contribution in [3.63, 3.8) is 0 Å². The number of halogens is 1. The van der Waals surface area contributed by atoms with Gasteiger partial charge in [0.25, 0.3) is 0 Å². The van der Waals surface area contributed by atoms with E-state index in [2.05, 4.69) is 15.6 Å². The van der Waals surface area contributed by atoms with Crippen LogP contribution in [0.1, 0.15) is 19.8 Å². The van der Waals surface area contributed by atoms with E-state index in [0.717, 1.165) is 35.4 Å². The Labute approximate surface area is 133 Å². The van der Waals surface area contributed by atoms with Gasteiger partial charge in [0.15, 0.2) is 5.13 Å². The fraction of sp³-hybridized carbons (Fsp3) is 0.429. The maximum absolute atomic E-state index is 12.0. The lowest BCUT2D eigenvalue weighted by molar-refractivity contribution is -0.117. The van der Waals surface area contributed by atoms with Crippen LogP contribution in [0.5, 0.6) is 5.75 Å². The lowest BCUT2D eigenvalue weighted by Gasteiger charge is -2.08. The van der Waals surface area contributed by atoms with E-state index in [4.69, 9.17) is 4.74 Å². The van der Waals surface area contributed by atoms with Gasteiger partial charge in [0, 0.05) is 0 Å². The molecule has 0 spiro atoms. The number of hydrogen-bond donors (Lipinski definition) is 2. The lowest BCUT2D eigenvalue weighted by Crippen LogP contribution is -2.35. The standard InChI is InChI=1S/C14H17N3O2S.ClH/c1-2-19-9-5-6-10-12(8-9)20-14(16-10)17-13(18)11-4-3-7-15-11;/h5-6,8,11,15H,2-4,7H2,1H3,(H,16,17,18);1H/t11-;/m0./s1. The van der Waals surface area contributed by atoms with Crippen molar-refractivity contribution < 1.29 is 9.53 Å². The smallest absolute Gasteiger partial charge is 0.243 e. The molecule has 1 aliphatic rings. The monoisotopic (exact) mass is 327 g/mol. The number of carbonyl (C=O) groups excluding carboxylic acids is 1. The molecule has 1 saturated heterocycles. The SMILES string of the molecule is CCOc1ccc2nc(NC(=O)[C@@H]3CCCN3)sc2c1.Cl. The van der Waals surface area contributed by atoms with Gasteiger partial charge < -0.3 is 15.4 Å². The summed E-state index contributed by atoms with van der Waals surface area (Å²) in [4.78, 5) is 16.5. The van der Waals surface area contributed by atoms with Gasteiger partial charge in [-0.1, -0.05) is 11.3 Å². The molecule has 21 heavy (non-hydrogen) atoms. The van der Waals surface area contributed by atoms with Crippen molar-refractivity contribution in [1.82, 2.24) is 10.3 Å². The first-order chi connectivity index (χ1) is 9.76. The number of fused-ring (bicyclic) bond motifs is 1. The third-order valence-corrected chi connectivity index (χ3v) is 4.21. The second kappa shape index (κ2) is 7.06. The molecule has 1 fully saturated rings. The van der Waals surface area contributed by atoms with E-state index in [9.17, 15) is 4.79 Å². The minimum absolute atomic E-state index is 0. The van der Waals surface area contributed by atoms with E-state index < -0.39 is 0 Å². The van der Waals surface area contributed by atoms with Crippen molar-refractivity contribution in [2.24, 2.45) is 0 Å². The number of anilines is 1. The Morgan fingerprint density at radius 2 is 2.43 bits per heavy atom. The van der Waals surface area contributed by atoms with Crippen molar-refractivity contribution in [2.45, 2.75) is 25.8 Å². The second-order valence-corrected chi connectivity index (χ2v) is 5.75. The Morgan fingerprint density at radius 1 is 1.57 bits per heavy atom. The summed E-state index contributed by atoms with van der Waals surface area (Å²) < 4.78 is 6.49. The molecule has 0 radical (unpaired) electrons. The molecule has 1 amide bonds. The summed E-state index contributed by atoms with van der Waals surface area (Å²) in [7, 11) is 0. The van der Waals surface area contributed by atoms with Gasteiger partial charge in [0.1, 0.15) is 5.75 Å². The lowest BCUT2D eigenvalue weighted by atomic mass is 10.2. The van der Waals surface area contributed by atoms with Crippen LogP contribution in [-0.2, 0) is 4.79 Å². The Balaban J connectivity index is 0.00000161. The Kier molecular flexibility index (Phi) is 5.39. The largest absolute Gasteiger partial charge is 0.494 e. The molecule has 0 saturated carbocycles. The minimum atomic E-state index is -0.0824. The third kappa shape index (κ3) is 3.64. The van der Waals surface area contributed by atoms with Crippen LogP contribution in [0.3, 0.4) is 0 Å². The van der Waals surface area contributed by atoms with E-state index in [-0.39, 0.29) is 24.4 Å². The van der Waals surface area contributed by atoms with Crippen molar-refractivity contribution >= 4 is 45.0 Å². The molecule has 0 bridgehead atoms. The van der Waals surface area contributed by atoms with Crippen LogP contribution >= 0.6 is 23.7 Å². The molecule has 5 nitrogen and oxygen atoms in total. The number of thiazole rings is 1. The first kappa shape index (κ1) is 16.0. The minimum Gasteiger partial charge on any atom is -0.494 e. The highest BCUT2D eigenvalue weighted by molar-refractivity contribution is 7.22. The van der Waals surface area contributed by atoms with Crippen molar-refractivity contribution in [2.75, 3.05) is 18.5 Å². The molecular formula is C14H18ClN3O2S. The number of aromatic nitrogens is 1. The van der Waals surface area contributed by atoms with E-state index in [1.807, 2.05) is 25.1 Å². The van der Waals surface area contributed by atoms with E-state index in [0.29, 0.717) is 11.7 Å². The predicted molar refractivity (Wildman–Crippen MR) is 87.7 cm³/mol. The molecule has 1 aromatic carbocycles. The molecule has 7 heteroatoms. The number of hydrogen-bond acceptors (Lipinski definition) is 5. The maximum Gasteiger partial charge on any atom is 0.243 e. The maximum atomic E-state index is 12.0. The Bertz CT molecular complexity index is 626. The highest BCUT2D eigenvalue weighted by Gasteiger charge is 2.22. The first-order valence-electron chi connectivity index (χ1n) is 6.84. The van der Waals surface area contributed by atoms with Crippen LogP contribution in [0.25, 0.3) is 10.2 Å². The van der Waals surface area contributed by atoms with Crippen LogP contribution in [0.4, 0.5) is 5.13 Å². The van der Waals surface area contributed by atoms with Gasteiger partial charge in [0.2, 0.25) is 5.91 Å². The summed E-state index contributed by atoms with van der Waals surface area (Å²) in [5, 5.41) is 6.72.